The first-order valence-electron chi connectivity index (χ1n) is 3.23. The van der Waals surface area contributed by atoms with E-state index in [2.05, 4.69) is 0 Å². The van der Waals surface area contributed by atoms with Crippen LogP contribution in [0, 0.1) is 0 Å². The summed E-state index contributed by atoms with van der Waals surface area (Å²) in [6.07, 6.45) is 0. The van der Waals surface area contributed by atoms with E-state index in [0.717, 1.165) is 0 Å². The Bertz CT molecular complexity index is 159. The van der Waals surface area contributed by atoms with Gasteiger partial charge in [0.25, 0.3) is 0 Å². The predicted molar refractivity (Wildman–Crippen MR) is 42.0 cm³/mol. The SMILES string of the molecule is O=C([O-])CO.O=C([O-])CO.O=C([O-])CO.[B+3]. The van der Waals surface area contributed by atoms with Crippen molar-refractivity contribution in [2.75, 3.05) is 19.8 Å². The van der Waals surface area contributed by atoms with Gasteiger partial charge >= 0.3 is 8.41 Å². The Morgan fingerprint density at radius 3 is 0.750 bits per heavy atom. The van der Waals surface area contributed by atoms with Crippen LogP contribution in [0.3, 0.4) is 0 Å². The van der Waals surface area contributed by atoms with Crippen LogP contribution in [0.5, 0.6) is 0 Å². The summed E-state index contributed by atoms with van der Waals surface area (Å²) in [5.41, 5.74) is 0. The topological polar surface area (TPSA) is 181 Å². The van der Waals surface area contributed by atoms with Crippen molar-refractivity contribution in [1.29, 1.82) is 0 Å². The van der Waals surface area contributed by atoms with E-state index in [1.54, 1.807) is 0 Å². The molecule has 0 aromatic carbocycles. The van der Waals surface area contributed by atoms with Gasteiger partial charge in [-0.25, -0.2) is 0 Å². The molecule has 0 spiro atoms. The third-order valence-electron chi connectivity index (χ3n) is 0.387. The van der Waals surface area contributed by atoms with Crippen molar-refractivity contribution < 1.29 is 45.0 Å². The summed E-state index contributed by atoms with van der Waals surface area (Å²) in [5, 5.41) is 49.5. The minimum Gasteiger partial charge on any atom is -0.548 e. The fourth-order valence-corrected chi connectivity index (χ4v) is 0. The molecular weight excluding hydrogens is 227 g/mol. The zero-order chi connectivity index (χ0) is 12.9. The molecule has 0 unspecified atom stereocenters. The maximum absolute atomic E-state index is 9.01. The number of aliphatic carboxylic acids is 3. The third kappa shape index (κ3) is 84.0. The molecule has 0 saturated heterocycles. The Labute approximate surface area is 92.1 Å². The smallest absolute Gasteiger partial charge is 0.548 e. The van der Waals surface area contributed by atoms with E-state index in [0.29, 0.717) is 0 Å². The number of carbonyl (C=O) groups excluding carboxylic acids is 3. The summed E-state index contributed by atoms with van der Waals surface area (Å²) in [7, 11) is 0. The van der Waals surface area contributed by atoms with E-state index < -0.39 is 37.7 Å². The summed E-state index contributed by atoms with van der Waals surface area (Å²) in [6.45, 7) is -2.67. The molecule has 0 rings (SSSR count). The first kappa shape index (κ1) is 23.9. The largest absolute Gasteiger partial charge is 3.00 e. The Morgan fingerprint density at radius 2 is 0.750 bits per heavy atom. The van der Waals surface area contributed by atoms with Crippen LogP contribution in [0.4, 0.5) is 0 Å². The Morgan fingerprint density at radius 1 is 0.688 bits per heavy atom. The maximum atomic E-state index is 9.01. The Balaban J connectivity index is -0.0000000655. The molecule has 0 aromatic rings. The first-order chi connectivity index (χ1) is 6.81. The van der Waals surface area contributed by atoms with Crippen LogP contribution in [0.25, 0.3) is 0 Å². The normalized spacial score (nSPS) is 6.94. The van der Waals surface area contributed by atoms with Crippen molar-refractivity contribution in [2.45, 2.75) is 0 Å². The summed E-state index contributed by atoms with van der Waals surface area (Å²) in [5.74, 6) is -4.32. The Hall–Kier alpha value is -1.65. The number of carboxylic acid groups (broad SMARTS) is 3. The average molecular weight is 236 g/mol. The van der Waals surface area contributed by atoms with Crippen molar-refractivity contribution in [3.63, 3.8) is 0 Å². The Kier molecular flexibility index (Phi) is 28.4. The second-order valence-electron chi connectivity index (χ2n) is 1.59. The van der Waals surface area contributed by atoms with Crippen LogP contribution in [0.2, 0.25) is 0 Å². The van der Waals surface area contributed by atoms with Gasteiger partial charge in [-0.2, -0.15) is 0 Å². The molecule has 0 atom stereocenters. The molecule has 0 amide bonds. The number of aliphatic hydroxyl groups excluding tert-OH is 3. The molecule has 0 heterocycles. The number of carboxylic acids is 3. The van der Waals surface area contributed by atoms with Crippen molar-refractivity contribution in [2.24, 2.45) is 0 Å². The van der Waals surface area contributed by atoms with E-state index in [1.165, 1.54) is 0 Å². The van der Waals surface area contributed by atoms with Gasteiger partial charge in [0.15, 0.2) is 0 Å². The van der Waals surface area contributed by atoms with E-state index in [1.807, 2.05) is 0 Å². The van der Waals surface area contributed by atoms with Crippen molar-refractivity contribution >= 4 is 26.3 Å². The molecule has 3 N–H and O–H groups in total. The van der Waals surface area contributed by atoms with Crippen molar-refractivity contribution in [3.8, 4) is 0 Å². The average Bonchev–Trinajstić information content (AvgIpc) is 2.19. The van der Waals surface area contributed by atoms with Crippen LogP contribution in [-0.4, -0.2) is 61.5 Å². The number of hydrogen-bond acceptors (Lipinski definition) is 9. The van der Waals surface area contributed by atoms with Crippen LogP contribution in [0.15, 0.2) is 0 Å². The number of aliphatic hydroxyl groups is 3. The van der Waals surface area contributed by atoms with Crippen LogP contribution in [0.1, 0.15) is 0 Å². The van der Waals surface area contributed by atoms with Gasteiger partial charge in [-0.05, 0) is 0 Å². The van der Waals surface area contributed by atoms with E-state index >= 15 is 0 Å². The minimum atomic E-state index is -1.44. The third-order valence-corrected chi connectivity index (χ3v) is 0.387. The second-order valence-corrected chi connectivity index (χ2v) is 1.59. The number of rotatable bonds is 3. The van der Waals surface area contributed by atoms with E-state index in [4.69, 9.17) is 45.0 Å². The second kappa shape index (κ2) is 19.0. The first-order valence-corrected chi connectivity index (χ1v) is 3.23. The molecule has 90 valence electrons. The van der Waals surface area contributed by atoms with Gasteiger partial charge in [0.1, 0.15) is 0 Å². The minimum absolute atomic E-state index is 0. The fraction of sp³-hybridized carbons (Fsp3) is 0.500. The van der Waals surface area contributed by atoms with Gasteiger partial charge in [0, 0.05) is 0 Å². The fourth-order valence-electron chi connectivity index (χ4n) is 0. The molecule has 0 fully saturated rings. The molecule has 0 radical (unpaired) electrons. The van der Waals surface area contributed by atoms with E-state index in [9.17, 15) is 0 Å². The quantitative estimate of drug-likeness (QED) is 0.400. The molecule has 16 heavy (non-hydrogen) atoms. The van der Waals surface area contributed by atoms with Gasteiger partial charge in [0.05, 0.1) is 37.7 Å². The molecular formula is C6H9BO9. The van der Waals surface area contributed by atoms with Crippen LogP contribution < -0.4 is 15.3 Å². The van der Waals surface area contributed by atoms with Crippen LogP contribution >= 0.6 is 0 Å². The summed E-state index contributed by atoms with van der Waals surface area (Å²) < 4.78 is 0. The number of hydrogen-bond donors (Lipinski definition) is 3. The zero-order valence-electron chi connectivity index (χ0n) is 7.99. The van der Waals surface area contributed by atoms with Crippen molar-refractivity contribution in [3.05, 3.63) is 0 Å². The molecule has 0 aliphatic carbocycles. The standard InChI is InChI=1S/3C2H4O3.B/c3*3-1-2(4)5;/h3*3H,1H2,(H,4,5);/q;;;+3/p-3. The summed E-state index contributed by atoms with van der Waals surface area (Å²) in [4.78, 5) is 27.0. The van der Waals surface area contributed by atoms with Gasteiger partial charge in [-0.3, -0.25) is 0 Å². The molecule has 0 aliphatic heterocycles. The van der Waals surface area contributed by atoms with Gasteiger partial charge < -0.3 is 45.0 Å². The summed E-state index contributed by atoms with van der Waals surface area (Å²) in [6, 6.07) is 0. The summed E-state index contributed by atoms with van der Waals surface area (Å²) >= 11 is 0. The zero-order valence-corrected chi connectivity index (χ0v) is 7.99. The molecule has 0 bridgehead atoms. The molecule has 9 nitrogen and oxygen atoms in total. The van der Waals surface area contributed by atoms with Crippen LogP contribution in [-0.2, 0) is 14.4 Å². The monoisotopic (exact) mass is 236 g/mol. The molecule has 10 heteroatoms. The van der Waals surface area contributed by atoms with Gasteiger partial charge in [-0.1, -0.05) is 0 Å². The molecule has 0 aliphatic rings. The molecule has 0 aromatic heterocycles. The van der Waals surface area contributed by atoms with Crippen molar-refractivity contribution in [1.82, 2.24) is 0 Å². The number of carbonyl (C=O) groups is 3. The predicted octanol–water partition coefficient (Wildman–Crippen LogP) is -7.19. The maximum Gasteiger partial charge on any atom is 3.00 e. The molecule has 0 saturated carbocycles. The van der Waals surface area contributed by atoms with E-state index in [-0.39, 0.29) is 8.41 Å². The van der Waals surface area contributed by atoms with Gasteiger partial charge in [-0.15, -0.1) is 0 Å². The van der Waals surface area contributed by atoms with Gasteiger partial charge in [0.2, 0.25) is 0 Å².